The number of hydrogen-bond donors (Lipinski definition) is 1. The zero-order valence-corrected chi connectivity index (χ0v) is 23.0. The predicted octanol–water partition coefficient (Wildman–Crippen LogP) is 4.05. The van der Waals surface area contributed by atoms with Gasteiger partial charge in [-0.05, 0) is 52.9 Å². The third-order valence-corrected chi connectivity index (χ3v) is 7.83. The van der Waals surface area contributed by atoms with Gasteiger partial charge in [0.15, 0.2) is 6.61 Å². The molecule has 3 aromatic carbocycles. The molecule has 1 heterocycles. The van der Waals surface area contributed by atoms with Crippen molar-refractivity contribution in [3.8, 4) is 0 Å². The first-order valence-corrected chi connectivity index (χ1v) is 14.1. The number of amides is 2. The van der Waals surface area contributed by atoms with E-state index in [4.69, 9.17) is 0 Å². The lowest BCUT2D eigenvalue weighted by molar-refractivity contribution is -0.142. The minimum absolute atomic E-state index is 0.0648. The zero-order chi connectivity index (χ0) is 28.7. The van der Waals surface area contributed by atoms with Crippen molar-refractivity contribution in [2.24, 2.45) is 0 Å². The molecule has 0 bridgehead atoms. The van der Waals surface area contributed by atoms with Gasteiger partial charge in [0.05, 0.1) is 24.2 Å². The number of hydrogen-bond acceptors (Lipinski definition) is 7. The summed E-state index contributed by atoms with van der Waals surface area (Å²) in [5, 5.41) is 2.72. The van der Waals surface area contributed by atoms with Gasteiger partial charge in [0.2, 0.25) is 5.91 Å². The molecule has 208 valence electrons. The Morgan fingerprint density at radius 3 is 2.42 bits per heavy atom. The quantitative estimate of drug-likeness (QED) is 0.325. The molecule has 0 aromatic heterocycles. The molecule has 1 N–H and O–H groups in total. The summed E-state index contributed by atoms with van der Waals surface area (Å²) in [6.45, 7) is 1.87. The molecule has 10 heteroatoms. The summed E-state index contributed by atoms with van der Waals surface area (Å²) >= 11 is 0. The van der Waals surface area contributed by atoms with Crippen LogP contribution in [0.15, 0.2) is 83.8 Å². The fraction of sp³-hybridized carbons (Fsp3) is 0.233. The summed E-state index contributed by atoms with van der Waals surface area (Å²) in [4.78, 5) is 38.8. The summed E-state index contributed by atoms with van der Waals surface area (Å²) in [5.41, 5.74) is 4.15. The Bertz CT molecular complexity index is 1530. The Balaban J connectivity index is 1.42. The van der Waals surface area contributed by atoms with Crippen LogP contribution in [0, 0.1) is 0 Å². The van der Waals surface area contributed by atoms with Gasteiger partial charge in [0.1, 0.15) is 0 Å². The monoisotopic (exact) mass is 562 g/mol. The third-order valence-electron chi connectivity index (χ3n) is 6.56. The Hall–Kier alpha value is -4.28. The summed E-state index contributed by atoms with van der Waals surface area (Å²) in [5.74, 6) is -1.26. The molecule has 4 rings (SSSR count). The molecule has 1 atom stereocenters. The van der Waals surface area contributed by atoms with E-state index in [9.17, 15) is 22.8 Å². The molecule has 3 aromatic rings. The molecule has 40 heavy (non-hydrogen) atoms. The maximum Gasteiger partial charge on any atom is 0.333 e. The highest BCUT2D eigenvalue weighted by atomic mass is 32.2. The zero-order valence-electron chi connectivity index (χ0n) is 22.2. The van der Waals surface area contributed by atoms with Crippen LogP contribution in [0.1, 0.15) is 46.3 Å². The van der Waals surface area contributed by atoms with Gasteiger partial charge in [-0.2, -0.15) is 8.42 Å². The maximum atomic E-state index is 13.5. The number of anilines is 1. The Kier molecular flexibility index (Phi) is 9.13. The first-order valence-electron chi connectivity index (χ1n) is 12.7. The number of para-hydroxylation sites is 1. The highest BCUT2D eigenvalue weighted by Crippen LogP contribution is 2.31. The normalized spacial score (nSPS) is 15.4. The summed E-state index contributed by atoms with van der Waals surface area (Å²) in [6.07, 6.45) is 4.23. The van der Waals surface area contributed by atoms with Gasteiger partial charge in [-0.15, -0.1) is 0 Å². The molecule has 0 saturated carbocycles. The van der Waals surface area contributed by atoms with Gasteiger partial charge in [0.25, 0.3) is 16.0 Å². The van der Waals surface area contributed by atoms with Gasteiger partial charge >= 0.3 is 5.97 Å². The van der Waals surface area contributed by atoms with Crippen LogP contribution in [0.3, 0.4) is 0 Å². The van der Waals surface area contributed by atoms with Crippen LogP contribution in [0.2, 0.25) is 0 Å². The smallest absolute Gasteiger partial charge is 0.333 e. The second kappa shape index (κ2) is 12.7. The number of esters is 1. The van der Waals surface area contributed by atoms with Gasteiger partial charge in [-0.25, -0.2) is 4.79 Å². The number of nitrogens with one attached hydrogen (secondary N) is 1. The second-order valence-electron chi connectivity index (χ2n) is 9.21. The van der Waals surface area contributed by atoms with E-state index >= 15 is 0 Å². The number of methoxy groups -OCH3 is 1. The molecular formula is C30H30N2O7S. The average Bonchev–Trinajstić information content (AvgIpc) is 3.03. The number of benzene rings is 3. The summed E-state index contributed by atoms with van der Waals surface area (Å²) in [6, 6.07) is 20.8. The average molecular weight is 563 g/mol. The first kappa shape index (κ1) is 28.7. The van der Waals surface area contributed by atoms with Crippen LogP contribution in [-0.2, 0) is 35.2 Å². The fourth-order valence-electron chi connectivity index (χ4n) is 4.37. The van der Waals surface area contributed by atoms with Gasteiger partial charge < -0.3 is 15.0 Å². The number of nitrogens with zero attached hydrogens (tertiary/aromatic N) is 1. The number of allylic oxidation sites excluding steroid dienone is 1. The van der Waals surface area contributed by atoms with Crippen molar-refractivity contribution in [1.29, 1.82) is 0 Å². The minimum atomic E-state index is -4.19. The fourth-order valence-corrected chi connectivity index (χ4v) is 5.23. The number of rotatable bonds is 8. The van der Waals surface area contributed by atoms with E-state index in [1.54, 1.807) is 4.90 Å². The van der Waals surface area contributed by atoms with Crippen molar-refractivity contribution in [1.82, 2.24) is 5.32 Å². The highest BCUT2D eigenvalue weighted by Gasteiger charge is 2.22. The molecule has 2 amide bonds. The van der Waals surface area contributed by atoms with Crippen LogP contribution < -0.4 is 10.2 Å². The van der Waals surface area contributed by atoms with Crippen molar-refractivity contribution >= 4 is 39.7 Å². The van der Waals surface area contributed by atoms with E-state index in [0.717, 1.165) is 29.5 Å². The van der Waals surface area contributed by atoms with Crippen LogP contribution in [0.4, 0.5) is 5.69 Å². The standard InChI is InChI=1S/C30H30N2O7S/c1-21-11-12-22-7-4-6-10-27(22)32(19-24-8-3-5-9-26(21)24)28(33)17-18-31-30(35)23-13-15-25(16-14-23)40(36,37)39-20-29(34)38-2/h3-16,21H,17-20H2,1-2H3,(H,31,35)/b12-11-. The number of carbonyl (C=O) groups is 3. The van der Waals surface area contributed by atoms with Gasteiger partial charge in [0, 0.05) is 18.5 Å². The van der Waals surface area contributed by atoms with Crippen molar-refractivity contribution in [3.05, 3.63) is 101 Å². The topological polar surface area (TPSA) is 119 Å². The van der Waals surface area contributed by atoms with Crippen LogP contribution in [0.5, 0.6) is 0 Å². The lowest BCUT2D eigenvalue weighted by atomic mass is 9.95. The number of fused-ring (bicyclic) bond motifs is 2. The van der Waals surface area contributed by atoms with E-state index in [1.807, 2.05) is 48.5 Å². The second-order valence-corrected chi connectivity index (χ2v) is 10.8. The van der Waals surface area contributed by atoms with E-state index in [0.29, 0.717) is 6.54 Å². The van der Waals surface area contributed by atoms with Crippen molar-refractivity contribution in [3.63, 3.8) is 0 Å². The number of carbonyl (C=O) groups excluding carboxylic acids is 3. The molecule has 1 aliphatic heterocycles. The lowest BCUT2D eigenvalue weighted by Crippen LogP contribution is -2.35. The first-order chi connectivity index (χ1) is 19.2. The third kappa shape index (κ3) is 6.83. The molecule has 0 spiro atoms. The van der Waals surface area contributed by atoms with E-state index in [2.05, 4.69) is 33.3 Å². The Labute approximate surface area is 233 Å². The van der Waals surface area contributed by atoms with E-state index < -0.39 is 28.6 Å². The van der Waals surface area contributed by atoms with Gasteiger partial charge in [-0.3, -0.25) is 13.8 Å². The van der Waals surface area contributed by atoms with E-state index in [-0.39, 0.29) is 35.2 Å². The van der Waals surface area contributed by atoms with Crippen LogP contribution in [-0.4, -0.2) is 46.5 Å². The van der Waals surface area contributed by atoms with Crippen LogP contribution in [0.25, 0.3) is 6.08 Å². The number of ether oxygens (including phenoxy) is 1. The lowest BCUT2D eigenvalue weighted by Gasteiger charge is -2.26. The van der Waals surface area contributed by atoms with Crippen molar-refractivity contribution in [2.45, 2.75) is 30.7 Å². The van der Waals surface area contributed by atoms with Crippen molar-refractivity contribution in [2.75, 3.05) is 25.2 Å². The Morgan fingerprint density at radius 2 is 1.68 bits per heavy atom. The van der Waals surface area contributed by atoms with E-state index in [1.165, 1.54) is 24.3 Å². The predicted molar refractivity (Wildman–Crippen MR) is 150 cm³/mol. The highest BCUT2D eigenvalue weighted by molar-refractivity contribution is 7.86. The van der Waals surface area contributed by atoms with Crippen LogP contribution >= 0.6 is 0 Å². The molecule has 0 fully saturated rings. The molecule has 0 aliphatic carbocycles. The van der Waals surface area contributed by atoms with Gasteiger partial charge in [-0.1, -0.05) is 61.5 Å². The molecule has 9 nitrogen and oxygen atoms in total. The largest absolute Gasteiger partial charge is 0.467 e. The molecular weight excluding hydrogens is 532 g/mol. The molecule has 1 unspecified atom stereocenters. The summed E-state index contributed by atoms with van der Waals surface area (Å²) in [7, 11) is -3.08. The molecule has 0 radical (unpaired) electrons. The minimum Gasteiger partial charge on any atom is -0.467 e. The Morgan fingerprint density at radius 1 is 0.975 bits per heavy atom. The summed E-state index contributed by atoms with van der Waals surface area (Å²) < 4.78 is 33.4. The maximum absolute atomic E-state index is 13.5. The molecule has 0 saturated heterocycles. The molecule has 1 aliphatic rings. The van der Waals surface area contributed by atoms with Crippen molar-refractivity contribution < 1.29 is 31.7 Å². The SMILES string of the molecule is COC(=O)COS(=O)(=O)c1ccc(C(=O)NCCC(=O)N2Cc3ccccc3C(C)/C=C\c3ccccc32)cc1.